The number of amides is 1. The van der Waals surface area contributed by atoms with Gasteiger partial charge in [0.05, 0.1) is 23.8 Å². The van der Waals surface area contributed by atoms with Crippen LogP contribution in [-0.2, 0) is 16.1 Å². The summed E-state index contributed by atoms with van der Waals surface area (Å²) < 4.78 is 7.27. The van der Waals surface area contributed by atoms with Gasteiger partial charge in [-0.2, -0.15) is 0 Å². The Hall–Kier alpha value is -2.94. The van der Waals surface area contributed by atoms with Crippen LogP contribution in [0, 0.1) is 0 Å². The number of ether oxygens (including phenoxy) is 1. The van der Waals surface area contributed by atoms with Gasteiger partial charge in [-0.25, -0.2) is 4.98 Å². The monoisotopic (exact) mass is 491 g/mol. The van der Waals surface area contributed by atoms with Gasteiger partial charge in [0, 0.05) is 24.1 Å². The van der Waals surface area contributed by atoms with Crippen molar-refractivity contribution in [3.63, 3.8) is 0 Å². The summed E-state index contributed by atoms with van der Waals surface area (Å²) in [5.74, 6) is 0.105. The van der Waals surface area contributed by atoms with Crippen LogP contribution >= 0.6 is 23.1 Å². The number of hydrogen-bond acceptors (Lipinski definition) is 6. The number of thioether (sulfide) groups is 1. The first-order valence-electron chi connectivity index (χ1n) is 11.3. The second-order valence-electron chi connectivity index (χ2n) is 8.19. The van der Waals surface area contributed by atoms with Gasteiger partial charge in [0.1, 0.15) is 4.83 Å². The molecule has 174 valence electrons. The van der Waals surface area contributed by atoms with Crippen LogP contribution in [-0.4, -0.2) is 40.5 Å². The molecule has 1 aliphatic rings. The number of benzene rings is 2. The molecule has 1 fully saturated rings. The molecule has 0 radical (unpaired) electrons. The van der Waals surface area contributed by atoms with Crippen LogP contribution in [0.25, 0.3) is 21.3 Å². The minimum Gasteiger partial charge on any atom is -0.376 e. The third-order valence-corrected chi connectivity index (χ3v) is 7.66. The van der Waals surface area contributed by atoms with Gasteiger partial charge in [-0.1, -0.05) is 72.4 Å². The first kappa shape index (κ1) is 22.8. The van der Waals surface area contributed by atoms with Crippen LogP contribution in [0.15, 0.2) is 76.0 Å². The van der Waals surface area contributed by atoms with Gasteiger partial charge in [0.25, 0.3) is 5.56 Å². The molecule has 0 saturated carbocycles. The zero-order chi connectivity index (χ0) is 23.3. The molecule has 1 amide bonds. The number of carbonyl (C=O) groups is 1. The second kappa shape index (κ2) is 10.5. The molecule has 0 unspecified atom stereocenters. The molecule has 2 aromatic carbocycles. The number of nitrogens with one attached hydrogen (secondary N) is 1. The highest BCUT2D eigenvalue weighted by Crippen LogP contribution is 2.32. The highest BCUT2D eigenvalue weighted by Gasteiger charge is 2.20. The molecule has 0 aliphatic carbocycles. The van der Waals surface area contributed by atoms with Crippen LogP contribution < -0.4 is 10.9 Å². The number of carbonyl (C=O) groups excluding carboxylic acids is 1. The maximum atomic E-state index is 13.8. The molecule has 3 heterocycles. The van der Waals surface area contributed by atoms with Crippen molar-refractivity contribution in [2.45, 2.75) is 30.6 Å². The molecule has 34 heavy (non-hydrogen) atoms. The molecule has 1 N–H and O–H groups in total. The Balaban J connectivity index is 1.45. The van der Waals surface area contributed by atoms with Gasteiger partial charge in [-0.15, -0.1) is 11.3 Å². The van der Waals surface area contributed by atoms with E-state index in [0.717, 1.165) is 36.1 Å². The number of rotatable bonds is 8. The minimum atomic E-state index is -0.0868. The van der Waals surface area contributed by atoms with Crippen molar-refractivity contribution in [2.75, 3.05) is 18.9 Å². The van der Waals surface area contributed by atoms with Crippen molar-refractivity contribution in [2.24, 2.45) is 0 Å². The average molecular weight is 492 g/mol. The molecule has 2 aromatic heterocycles. The molecule has 5 rings (SSSR count). The lowest BCUT2D eigenvalue weighted by Gasteiger charge is -2.14. The maximum absolute atomic E-state index is 13.8. The van der Waals surface area contributed by atoms with Crippen LogP contribution in [0.2, 0.25) is 0 Å². The summed E-state index contributed by atoms with van der Waals surface area (Å²) in [6.45, 7) is 1.68. The van der Waals surface area contributed by atoms with E-state index in [1.807, 2.05) is 66.0 Å². The third-order valence-electron chi connectivity index (χ3n) is 5.81. The minimum absolute atomic E-state index is 0.0859. The van der Waals surface area contributed by atoms with Gasteiger partial charge < -0.3 is 10.1 Å². The maximum Gasteiger partial charge on any atom is 0.263 e. The highest BCUT2D eigenvalue weighted by atomic mass is 32.2. The number of aromatic nitrogens is 2. The van der Waals surface area contributed by atoms with Gasteiger partial charge in [-0.05, 0) is 24.0 Å². The van der Waals surface area contributed by atoms with E-state index in [1.54, 1.807) is 4.57 Å². The lowest BCUT2D eigenvalue weighted by Crippen LogP contribution is -2.33. The molecule has 6 nitrogen and oxygen atoms in total. The van der Waals surface area contributed by atoms with Crippen molar-refractivity contribution in [3.8, 4) is 11.1 Å². The van der Waals surface area contributed by atoms with Gasteiger partial charge in [0.15, 0.2) is 5.16 Å². The Kier molecular flexibility index (Phi) is 7.08. The van der Waals surface area contributed by atoms with E-state index in [2.05, 4.69) is 5.32 Å². The zero-order valence-corrected chi connectivity index (χ0v) is 20.2. The molecule has 4 aromatic rings. The van der Waals surface area contributed by atoms with E-state index in [4.69, 9.17) is 9.72 Å². The van der Waals surface area contributed by atoms with Crippen LogP contribution in [0.1, 0.15) is 18.4 Å². The fraction of sp³-hybridized carbons (Fsp3) is 0.269. The van der Waals surface area contributed by atoms with Crippen LogP contribution in [0.4, 0.5) is 0 Å². The lowest BCUT2D eigenvalue weighted by molar-refractivity contribution is -0.119. The third kappa shape index (κ3) is 5.09. The van der Waals surface area contributed by atoms with E-state index in [-0.39, 0.29) is 23.3 Å². The van der Waals surface area contributed by atoms with Gasteiger partial charge in [-0.3, -0.25) is 14.2 Å². The number of thiophene rings is 1. The van der Waals surface area contributed by atoms with E-state index in [0.29, 0.717) is 28.5 Å². The SMILES string of the molecule is O=C(CSc1nc2scc(-c3ccccc3)c2c(=O)n1Cc1ccccc1)NC[C@H]1CCCO1. The first-order valence-corrected chi connectivity index (χ1v) is 13.2. The molecular weight excluding hydrogens is 466 g/mol. The van der Waals surface area contributed by atoms with Gasteiger partial charge >= 0.3 is 0 Å². The number of fused-ring (bicyclic) bond motifs is 1. The van der Waals surface area contributed by atoms with Crippen LogP contribution in [0.3, 0.4) is 0 Å². The van der Waals surface area contributed by atoms with Crippen molar-refractivity contribution in [1.29, 1.82) is 0 Å². The fourth-order valence-corrected chi connectivity index (χ4v) is 5.88. The largest absolute Gasteiger partial charge is 0.376 e. The van der Waals surface area contributed by atoms with E-state index in [9.17, 15) is 9.59 Å². The standard InChI is InChI=1S/C26H25N3O3S2/c30-22(27-14-20-12-7-13-32-20)17-34-26-28-24-23(21(16-33-24)19-10-5-2-6-11-19)25(31)29(26)15-18-8-3-1-4-9-18/h1-6,8-11,16,20H,7,12-15,17H2,(H,27,30)/t20-/m1/s1. The summed E-state index contributed by atoms with van der Waals surface area (Å²) in [6, 6.07) is 19.7. The van der Waals surface area contributed by atoms with E-state index >= 15 is 0 Å². The predicted molar refractivity (Wildman–Crippen MR) is 138 cm³/mol. The topological polar surface area (TPSA) is 73.2 Å². The Bertz CT molecular complexity index is 1330. The van der Waals surface area contributed by atoms with E-state index in [1.165, 1.54) is 23.1 Å². The summed E-state index contributed by atoms with van der Waals surface area (Å²) in [5, 5.41) is 6.11. The summed E-state index contributed by atoms with van der Waals surface area (Å²) >= 11 is 2.76. The molecule has 1 saturated heterocycles. The normalized spacial score (nSPS) is 15.6. The summed E-state index contributed by atoms with van der Waals surface area (Å²) in [4.78, 5) is 31.8. The molecule has 0 spiro atoms. The van der Waals surface area contributed by atoms with Crippen molar-refractivity contribution in [3.05, 3.63) is 82.0 Å². The molecule has 8 heteroatoms. The van der Waals surface area contributed by atoms with E-state index < -0.39 is 0 Å². The van der Waals surface area contributed by atoms with Crippen molar-refractivity contribution >= 4 is 39.2 Å². The molecule has 1 aliphatic heterocycles. The first-order chi connectivity index (χ1) is 16.7. The summed E-state index contributed by atoms with van der Waals surface area (Å²) in [6.07, 6.45) is 2.11. The molecule has 0 bridgehead atoms. The second-order valence-corrected chi connectivity index (χ2v) is 10.00. The molecule has 1 atom stereocenters. The number of nitrogens with zero attached hydrogens (tertiary/aromatic N) is 2. The Morgan fingerprint density at radius 2 is 1.91 bits per heavy atom. The summed E-state index contributed by atoms with van der Waals surface area (Å²) in [5.41, 5.74) is 2.81. The fourth-order valence-electron chi connectivity index (χ4n) is 4.07. The Morgan fingerprint density at radius 1 is 1.15 bits per heavy atom. The highest BCUT2D eigenvalue weighted by molar-refractivity contribution is 7.99. The molecular formula is C26H25N3O3S2. The predicted octanol–water partition coefficient (Wildman–Crippen LogP) is 4.56. The van der Waals surface area contributed by atoms with Crippen LogP contribution in [0.5, 0.6) is 0 Å². The van der Waals surface area contributed by atoms with Crippen molar-refractivity contribution < 1.29 is 9.53 Å². The summed E-state index contributed by atoms with van der Waals surface area (Å²) in [7, 11) is 0. The Labute approximate surface area is 206 Å². The quantitative estimate of drug-likeness (QED) is 0.289. The average Bonchev–Trinajstić information content (AvgIpc) is 3.55. The van der Waals surface area contributed by atoms with Crippen molar-refractivity contribution in [1.82, 2.24) is 14.9 Å². The van der Waals surface area contributed by atoms with Gasteiger partial charge in [0.2, 0.25) is 5.91 Å². The lowest BCUT2D eigenvalue weighted by atomic mass is 10.1. The zero-order valence-electron chi connectivity index (χ0n) is 18.6. The Morgan fingerprint density at radius 3 is 2.65 bits per heavy atom. The number of hydrogen-bond donors (Lipinski definition) is 1. The smallest absolute Gasteiger partial charge is 0.263 e.